The lowest BCUT2D eigenvalue weighted by Crippen LogP contribution is -2.02. The van der Waals surface area contributed by atoms with Crippen LogP contribution < -0.4 is 10.5 Å². The summed E-state index contributed by atoms with van der Waals surface area (Å²) in [6, 6.07) is 6.06. The second kappa shape index (κ2) is 5.09. The zero-order chi connectivity index (χ0) is 11.4. The zero-order valence-electron chi connectivity index (χ0n) is 9.14. The number of ether oxygens (including phenoxy) is 1. The van der Waals surface area contributed by atoms with Gasteiger partial charge in [-0.25, -0.2) is 0 Å². The lowest BCUT2D eigenvalue weighted by atomic mass is 10.1. The Morgan fingerprint density at radius 1 is 1.44 bits per heavy atom. The molecule has 0 bridgehead atoms. The van der Waals surface area contributed by atoms with Gasteiger partial charge in [0.25, 0.3) is 0 Å². The maximum atomic E-state index is 5.72. The van der Waals surface area contributed by atoms with E-state index in [0.717, 1.165) is 16.2 Å². The second-order valence-electron chi connectivity index (χ2n) is 3.57. The molecule has 1 aromatic carbocycles. The molecule has 2 N–H and O–H groups in total. The first kappa shape index (κ1) is 11.1. The topological polar surface area (TPSA) is 48.1 Å². The van der Waals surface area contributed by atoms with Gasteiger partial charge in [0.2, 0.25) is 0 Å². The van der Waals surface area contributed by atoms with Gasteiger partial charge in [0, 0.05) is 18.3 Å². The number of hydrogen-bond donors (Lipinski definition) is 1. The molecular formula is C12H14N2OS. The molecule has 3 nitrogen and oxygen atoms in total. The van der Waals surface area contributed by atoms with Crippen LogP contribution in [0.3, 0.4) is 0 Å². The molecule has 0 radical (unpaired) electrons. The number of aryl methyl sites for hydroxylation is 1. The van der Waals surface area contributed by atoms with Gasteiger partial charge in [0.15, 0.2) is 0 Å². The fraction of sp³-hybridized carbons (Fsp3) is 0.250. The number of thiazole rings is 1. The van der Waals surface area contributed by atoms with Gasteiger partial charge >= 0.3 is 0 Å². The minimum Gasteiger partial charge on any atom is -0.488 e. The summed E-state index contributed by atoms with van der Waals surface area (Å²) in [4.78, 5) is 5.12. The van der Waals surface area contributed by atoms with E-state index in [1.54, 1.807) is 16.8 Å². The van der Waals surface area contributed by atoms with Crippen molar-refractivity contribution in [2.75, 3.05) is 0 Å². The molecule has 2 aromatic rings. The van der Waals surface area contributed by atoms with E-state index < -0.39 is 0 Å². The highest BCUT2D eigenvalue weighted by molar-refractivity contribution is 7.09. The van der Waals surface area contributed by atoms with E-state index >= 15 is 0 Å². The van der Waals surface area contributed by atoms with Crippen LogP contribution in [0.2, 0.25) is 0 Å². The lowest BCUT2D eigenvalue weighted by molar-refractivity contribution is 0.306. The van der Waals surface area contributed by atoms with Gasteiger partial charge in [-0.05, 0) is 13.0 Å². The molecule has 0 unspecified atom stereocenters. The summed E-state index contributed by atoms with van der Waals surface area (Å²) in [6.07, 6.45) is 1.82. The Bertz CT molecular complexity index is 454. The Morgan fingerprint density at radius 2 is 2.31 bits per heavy atom. The molecule has 0 saturated carbocycles. The van der Waals surface area contributed by atoms with Crippen LogP contribution in [0, 0.1) is 6.92 Å². The maximum absolute atomic E-state index is 5.72. The molecule has 0 atom stereocenters. The van der Waals surface area contributed by atoms with Crippen molar-refractivity contribution in [3.8, 4) is 5.75 Å². The van der Waals surface area contributed by atoms with Crippen molar-refractivity contribution >= 4 is 11.3 Å². The van der Waals surface area contributed by atoms with Crippen molar-refractivity contribution < 1.29 is 4.74 Å². The summed E-state index contributed by atoms with van der Waals surface area (Å²) < 4.78 is 5.72. The molecule has 1 aromatic heterocycles. The van der Waals surface area contributed by atoms with Gasteiger partial charge in [-0.3, -0.25) is 4.98 Å². The van der Waals surface area contributed by atoms with Crippen LogP contribution >= 0.6 is 11.3 Å². The molecule has 0 spiro atoms. The largest absolute Gasteiger partial charge is 0.488 e. The third kappa shape index (κ3) is 2.59. The van der Waals surface area contributed by atoms with Crippen molar-refractivity contribution in [2.24, 2.45) is 5.73 Å². The highest BCUT2D eigenvalue weighted by Crippen LogP contribution is 2.21. The first-order valence-electron chi connectivity index (χ1n) is 5.09. The van der Waals surface area contributed by atoms with Gasteiger partial charge in [0.05, 0.1) is 10.4 Å². The van der Waals surface area contributed by atoms with E-state index in [4.69, 9.17) is 10.5 Å². The monoisotopic (exact) mass is 234 g/mol. The van der Waals surface area contributed by atoms with Crippen LogP contribution in [0.5, 0.6) is 5.75 Å². The molecule has 84 valence electrons. The van der Waals surface area contributed by atoms with E-state index in [-0.39, 0.29) is 0 Å². The van der Waals surface area contributed by atoms with Crippen LogP contribution in [0.15, 0.2) is 29.9 Å². The van der Waals surface area contributed by atoms with Crippen LogP contribution in [0.4, 0.5) is 0 Å². The first-order chi connectivity index (χ1) is 7.79. The number of nitrogens with zero attached hydrogens (tertiary/aromatic N) is 1. The average molecular weight is 234 g/mol. The van der Waals surface area contributed by atoms with Crippen molar-refractivity contribution in [2.45, 2.75) is 20.1 Å². The van der Waals surface area contributed by atoms with Crippen molar-refractivity contribution in [3.63, 3.8) is 0 Å². The highest BCUT2D eigenvalue weighted by atomic mass is 32.1. The minimum absolute atomic E-state index is 0.500. The SMILES string of the molecule is Cc1ccc(OCc2cncs2)c(CN)c1. The zero-order valence-corrected chi connectivity index (χ0v) is 9.96. The normalized spacial score (nSPS) is 10.4. The summed E-state index contributed by atoms with van der Waals surface area (Å²) in [5.41, 5.74) is 9.73. The maximum Gasteiger partial charge on any atom is 0.124 e. The molecule has 1 heterocycles. The number of benzene rings is 1. The van der Waals surface area contributed by atoms with Crippen molar-refractivity contribution in [1.29, 1.82) is 0 Å². The van der Waals surface area contributed by atoms with Crippen LogP contribution in [-0.2, 0) is 13.2 Å². The summed E-state index contributed by atoms with van der Waals surface area (Å²) in [6.45, 7) is 3.10. The second-order valence-corrected chi connectivity index (χ2v) is 4.54. The molecule has 2 rings (SSSR count). The highest BCUT2D eigenvalue weighted by Gasteiger charge is 2.03. The van der Waals surface area contributed by atoms with Gasteiger partial charge in [-0.15, -0.1) is 11.3 Å². The van der Waals surface area contributed by atoms with Gasteiger partial charge in [0.1, 0.15) is 12.4 Å². The fourth-order valence-corrected chi connectivity index (χ4v) is 1.98. The lowest BCUT2D eigenvalue weighted by Gasteiger charge is -2.10. The number of hydrogen-bond acceptors (Lipinski definition) is 4. The molecule has 16 heavy (non-hydrogen) atoms. The van der Waals surface area contributed by atoms with Crippen LogP contribution in [0.1, 0.15) is 16.0 Å². The summed E-state index contributed by atoms with van der Waals surface area (Å²) in [5.74, 6) is 0.863. The predicted octanol–water partition coefficient (Wildman–Crippen LogP) is 2.49. The Balaban J connectivity index is 2.09. The Kier molecular flexibility index (Phi) is 3.54. The molecular weight excluding hydrogens is 220 g/mol. The van der Waals surface area contributed by atoms with Gasteiger partial charge in [-0.2, -0.15) is 0 Å². The minimum atomic E-state index is 0.500. The standard InChI is InChI=1S/C12H14N2OS/c1-9-2-3-12(10(4-9)5-13)15-7-11-6-14-8-16-11/h2-4,6,8H,5,7,13H2,1H3. The molecule has 0 aliphatic heterocycles. The van der Waals surface area contributed by atoms with Crippen molar-refractivity contribution in [1.82, 2.24) is 4.98 Å². The van der Waals surface area contributed by atoms with E-state index in [1.165, 1.54) is 5.56 Å². The molecule has 0 aliphatic rings. The smallest absolute Gasteiger partial charge is 0.124 e. The number of aromatic nitrogens is 1. The van der Waals surface area contributed by atoms with E-state index in [9.17, 15) is 0 Å². The van der Waals surface area contributed by atoms with E-state index in [2.05, 4.69) is 11.1 Å². The Hall–Kier alpha value is -1.39. The average Bonchev–Trinajstić information content (AvgIpc) is 2.80. The summed E-state index contributed by atoms with van der Waals surface area (Å²) in [5, 5.41) is 0. The van der Waals surface area contributed by atoms with Gasteiger partial charge < -0.3 is 10.5 Å². The quantitative estimate of drug-likeness (QED) is 0.884. The number of rotatable bonds is 4. The van der Waals surface area contributed by atoms with Crippen molar-refractivity contribution in [3.05, 3.63) is 45.9 Å². The Morgan fingerprint density at radius 3 is 3.00 bits per heavy atom. The van der Waals surface area contributed by atoms with E-state index in [1.807, 2.05) is 25.3 Å². The van der Waals surface area contributed by atoms with Crippen LogP contribution in [-0.4, -0.2) is 4.98 Å². The molecule has 4 heteroatoms. The summed E-state index contributed by atoms with van der Waals surface area (Å²) >= 11 is 1.59. The number of nitrogens with two attached hydrogens (primary N) is 1. The van der Waals surface area contributed by atoms with E-state index in [0.29, 0.717) is 13.2 Å². The fourth-order valence-electron chi connectivity index (χ4n) is 1.47. The Labute approximate surface area is 98.9 Å². The predicted molar refractivity (Wildman–Crippen MR) is 65.5 cm³/mol. The summed E-state index contributed by atoms with van der Waals surface area (Å²) in [7, 11) is 0. The molecule has 0 amide bonds. The third-order valence-corrected chi connectivity index (χ3v) is 3.04. The third-order valence-electron chi connectivity index (χ3n) is 2.29. The molecule has 0 saturated heterocycles. The van der Waals surface area contributed by atoms with Crippen LogP contribution in [0.25, 0.3) is 0 Å². The first-order valence-corrected chi connectivity index (χ1v) is 5.97. The van der Waals surface area contributed by atoms with Gasteiger partial charge in [-0.1, -0.05) is 17.7 Å². The molecule has 0 aliphatic carbocycles. The molecule has 0 fully saturated rings.